The number of carbonyl (C=O) groups excluding carboxylic acids is 3. The third-order valence-electron chi connectivity index (χ3n) is 5.39. The second-order valence-corrected chi connectivity index (χ2v) is 10.6. The maximum absolute atomic E-state index is 13.5. The van der Waals surface area contributed by atoms with Crippen LogP contribution in [0.1, 0.15) is 59.2 Å². The number of likely N-dealkylation sites (tertiary alicyclic amines) is 1. The van der Waals surface area contributed by atoms with E-state index in [-0.39, 0.29) is 19.5 Å². The molecular formula is C25H36N4O6. The Morgan fingerprint density at radius 2 is 1.94 bits per heavy atom. The van der Waals surface area contributed by atoms with Gasteiger partial charge in [0.05, 0.1) is 19.8 Å². The van der Waals surface area contributed by atoms with Crippen molar-refractivity contribution < 1.29 is 29.0 Å². The standard InChI is InChI=1S/C25H36N4O6/c1-9-15-10-19(34-8)17(26-12-15)13-27-21(31)18-11-16(30)14-29(18)22(32)20(24(2,3)4)28-23(33)35-25(5,6)7/h1,10,12,16,18,20,30H,11,13-14H2,2-8H3,(H,27,31)(H,28,33)/t16-,18+,20-/m1/s1. The van der Waals surface area contributed by atoms with Gasteiger partial charge in [0, 0.05) is 24.7 Å². The van der Waals surface area contributed by atoms with Gasteiger partial charge in [-0.15, -0.1) is 6.42 Å². The zero-order valence-electron chi connectivity index (χ0n) is 21.5. The van der Waals surface area contributed by atoms with Crippen molar-refractivity contribution in [3.63, 3.8) is 0 Å². The molecule has 3 atom stereocenters. The Kier molecular flexibility index (Phi) is 8.74. The van der Waals surface area contributed by atoms with E-state index in [0.717, 1.165) is 0 Å². The summed E-state index contributed by atoms with van der Waals surface area (Å²) in [5, 5.41) is 15.7. The lowest BCUT2D eigenvalue weighted by Crippen LogP contribution is -2.58. The number of hydrogen-bond acceptors (Lipinski definition) is 7. The van der Waals surface area contributed by atoms with E-state index in [1.807, 2.05) is 0 Å². The molecule has 0 saturated carbocycles. The Morgan fingerprint density at radius 1 is 1.29 bits per heavy atom. The molecule has 1 aromatic rings. The minimum Gasteiger partial charge on any atom is -0.495 e. The molecule has 1 saturated heterocycles. The molecule has 3 amide bonds. The van der Waals surface area contributed by atoms with Crippen LogP contribution < -0.4 is 15.4 Å². The third kappa shape index (κ3) is 7.59. The molecule has 1 fully saturated rings. The molecule has 2 heterocycles. The van der Waals surface area contributed by atoms with E-state index in [0.29, 0.717) is 17.0 Å². The van der Waals surface area contributed by atoms with Crippen LogP contribution in [0.2, 0.25) is 0 Å². The second-order valence-electron chi connectivity index (χ2n) is 10.6. The number of rotatable bonds is 6. The molecule has 192 valence electrons. The normalized spacial score (nSPS) is 18.9. The monoisotopic (exact) mass is 488 g/mol. The number of terminal acetylenes is 1. The first kappa shape index (κ1) is 27.9. The predicted octanol–water partition coefficient (Wildman–Crippen LogP) is 1.59. The summed E-state index contributed by atoms with van der Waals surface area (Å²) < 4.78 is 10.6. The number of alkyl carbamates (subject to hydrolysis) is 1. The van der Waals surface area contributed by atoms with Gasteiger partial charge in [0.15, 0.2) is 0 Å². The lowest BCUT2D eigenvalue weighted by atomic mass is 9.85. The van der Waals surface area contributed by atoms with E-state index in [2.05, 4.69) is 21.5 Å². The Morgan fingerprint density at radius 3 is 2.49 bits per heavy atom. The van der Waals surface area contributed by atoms with Crippen molar-refractivity contribution in [1.29, 1.82) is 0 Å². The number of aliphatic hydroxyl groups is 1. The number of amides is 3. The van der Waals surface area contributed by atoms with E-state index in [1.165, 1.54) is 18.2 Å². The number of aromatic nitrogens is 1. The van der Waals surface area contributed by atoms with Gasteiger partial charge < -0.3 is 30.1 Å². The summed E-state index contributed by atoms with van der Waals surface area (Å²) in [7, 11) is 1.47. The highest BCUT2D eigenvalue weighted by Crippen LogP contribution is 2.27. The fourth-order valence-corrected chi connectivity index (χ4v) is 3.70. The van der Waals surface area contributed by atoms with Crippen molar-refractivity contribution in [2.75, 3.05) is 13.7 Å². The highest BCUT2D eigenvalue weighted by molar-refractivity contribution is 5.92. The van der Waals surface area contributed by atoms with Gasteiger partial charge in [-0.3, -0.25) is 14.6 Å². The average Bonchev–Trinajstić information content (AvgIpc) is 3.15. The van der Waals surface area contributed by atoms with E-state index in [9.17, 15) is 19.5 Å². The van der Waals surface area contributed by atoms with Crippen LogP contribution in [0.25, 0.3) is 0 Å². The zero-order chi connectivity index (χ0) is 26.6. The van der Waals surface area contributed by atoms with Gasteiger partial charge in [-0.05, 0) is 32.3 Å². The van der Waals surface area contributed by atoms with Gasteiger partial charge in [-0.25, -0.2) is 4.79 Å². The van der Waals surface area contributed by atoms with Gasteiger partial charge in [0.2, 0.25) is 11.8 Å². The first-order valence-corrected chi connectivity index (χ1v) is 11.4. The summed E-state index contributed by atoms with van der Waals surface area (Å²) in [6.07, 6.45) is 5.34. The van der Waals surface area contributed by atoms with Gasteiger partial charge in [-0.2, -0.15) is 0 Å². The van der Waals surface area contributed by atoms with Gasteiger partial charge in [0.25, 0.3) is 0 Å². The van der Waals surface area contributed by atoms with Gasteiger partial charge in [-0.1, -0.05) is 26.7 Å². The van der Waals surface area contributed by atoms with Gasteiger partial charge in [0.1, 0.15) is 29.1 Å². The largest absolute Gasteiger partial charge is 0.495 e. The molecular weight excluding hydrogens is 452 g/mol. The van der Waals surface area contributed by atoms with E-state index >= 15 is 0 Å². The average molecular weight is 489 g/mol. The van der Waals surface area contributed by atoms with Crippen LogP contribution in [0.5, 0.6) is 5.75 Å². The molecule has 0 aromatic carbocycles. The molecule has 0 aliphatic carbocycles. The fourth-order valence-electron chi connectivity index (χ4n) is 3.70. The Labute approximate surface area is 206 Å². The number of pyridine rings is 1. The maximum atomic E-state index is 13.5. The molecule has 10 heteroatoms. The number of carbonyl (C=O) groups is 3. The molecule has 0 spiro atoms. The quantitative estimate of drug-likeness (QED) is 0.519. The number of aliphatic hydroxyl groups excluding tert-OH is 1. The van der Waals surface area contributed by atoms with Crippen LogP contribution in [0.15, 0.2) is 12.3 Å². The van der Waals surface area contributed by atoms with E-state index in [4.69, 9.17) is 15.9 Å². The molecule has 0 bridgehead atoms. The first-order valence-electron chi connectivity index (χ1n) is 11.4. The van der Waals surface area contributed by atoms with Crippen molar-refractivity contribution in [2.24, 2.45) is 5.41 Å². The number of nitrogens with zero attached hydrogens (tertiary/aromatic N) is 2. The molecule has 1 aliphatic rings. The summed E-state index contributed by atoms with van der Waals surface area (Å²) in [6.45, 7) is 10.6. The minimum absolute atomic E-state index is 0.0298. The molecule has 0 unspecified atom stereocenters. The fraction of sp³-hybridized carbons (Fsp3) is 0.600. The summed E-state index contributed by atoms with van der Waals surface area (Å²) in [6, 6.07) is -0.255. The topological polar surface area (TPSA) is 130 Å². The van der Waals surface area contributed by atoms with Crippen molar-refractivity contribution in [2.45, 2.75) is 78.3 Å². The van der Waals surface area contributed by atoms with Crippen LogP contribution in [0, 0.1) is 17.8 Å². The highest BCUT2D eigenvalue weighted by Gasteiger charge is 2.44. The molecule has 0 radical (unpaired) electrons. The van der Waals surface area contributed by atoms with Crippen LogP contribution in [-0.4, -0.2) is 70.3 Å². The smallest absolute Gasteiger partial charge is 0.408 e. The molecule has 1 aliphatic heterocycles. The zero-order valence-corrected chi connectivity index (χ0v) is 21.5. The van der Waals surface area contributed by atoms with E-state index in [1.54, 1.807) is 47.6 Å². The predicted molar refractivity (Wildman–Crippen MR) is 129 cm³/mol. The van der Waals surface area contributed by atoms with Crippen LogP contribution in [0.3, 0.4) is 0 Å². The summed E-state index contributed by atoms with van der Waals surface area (Å²) in [5.74, 6) is 1.96. The lowest BCUT2D eigenvalue weighted by molar-refractivity contribution is -0.142. The number of nitrogens with one attached hydrogen (secondary N) is 2. The van der Waals surface area contributed by atoms with Crippen molar-refractivity contribution in [3.8, 4) is 18.1 Å². The molecule has 1 aromatic heterocycles. The summed E-state index contributed by atoms with van der Waals surface area (Å²) >= 11 is 0. The Balaban J connectivity index is 2.18. The van der Waals surface area contributed by atoms with Crippen LogP contribution >= 0.6 is 0 Å². The third-order valence-corrected chi connectivity index (χ3v) is 5.39. The van der Waals surface area contributed by atoms with Crippen molar-refractivity contribution >= 4 is 17.9 Å². The number of β-amino-alcohol motifs (C(OH)–C–C–N with tert-alkyl or cyclic N) is 1. The second kappa shape index (κ2) is 11.0. The highest BCUT2D eigenvalue weighted by atomic mass is 16.6. The number of methoxy groups -OCH3 is 1. The molecule has 3 N–H and O–H groups in total. The van der Waals surface area contributed by atoms with Gasteiger partial charge >= 0.3 is 6.09 Å². The van der Waals surface area contributed by atoms with Crippen molar-refractivity contribution in [1.82, 2.24) is 20.5 Å². The molecule has 2 rings (SSSR count). The molecule has 10 nitrogen and oxygen atoms in total. The van der Waals surface area contributed by atoms with E-state index < -0.39 is 47.1 Å². The lowest BCUT2D eigenvalue weighted by Gasteiger charge is -2.35. The molecule has 35 heavy (non-hydrogen) atoms. The van der Waals surface area contributed by atoms with Crippen LogP contribution in [0.4, 0.5) is 4.79 Å². The summed E-state index contributed by atoms with van der Waals surface area (Å²) in [4.78, 5) is 44.5. The summed E-state index contributed by atoms with van der Waals surface area (Å²) in [5.41, 5.74) is -0.415. The number of hydrogen-bond donors (Lipinski definition) is 3. The van der Waals surface area contributed by atoms with Crippen molar-refractivity contribution in [3.05, 3.63) is 23.5 Å². The first-order chi connectivity index (χ1) is 16.2. The minimum atomic E-state index is -0.976. The SMILES string of the molecule is C#Cc1cnc(CNC(=O)[C@@H]2C[C@@H](O)CN2C(=O)[C@@H](NC(=O)OC(C)(C)C)C(C)(C)C)c(OC)c1. The maximum Gasteiger partial charge on any atom is 0.408 e. The Hall–Kier alpha value is -3.32. The van der Waals surface area contributed by atoms with Crippen LogP contribution in [-0.2, 0) is 20.9 Å². The number of ether oxygens (including phenoxy) is 2. The Bertz CT molecular complexity index is 989.